The van der Waals surface area contributed by atoms with Gasteiger partial charge in [0.25, 0.3) is 5.91 Å². The van der Waals surface area contributed by atoms with Crippen LogP contribution in [0, 0.1) is 5.92 Å². The highest BCUT2D eigenvalue weighted by Gasteiger charge is 2.30. The number of aliphatic hydroxyl groups excluding tert-OH is 1. The van der Waals surface area contributed by atoms with Crippen molar-refractivity contribution >= 4 is 29.0 Å². The number of hydrogen-bond donors (Lipinski definition) is 4. The molecule has 172 valence electrons. The van der Waals surface area contributed by atoms with Crippen molar-refractivity contribution in [3.05, 3.63) is 36.2 Å². The first-order chi connectivity index (χ1) is 17.2. The predicted molar refractivity (Wildman–Crippen MR) is 119 cm³/mol. The summed E-state index contributed by atoms with van der Waals surface area (Å²) in [7, 11) is 1.45. The van der Waals surface area contributed by atoms with E-state index >= 15 is 0 Å². The minimum atomic E-state index is -2.74. The Morgan fingerprint density at radius 1 is 1.30 bits per heavy atom. The van der Waals surface area contributed by atoms with Crippen molar-refractivity contribution in [1.29, 1.82) is 0 Å². The Kier molecular flexibility index (Phi) is 5.39. The largest absolute Gasteiger partial charge is 0.494 e. The number of aromatic nitrogens is 5. The number of nitrogens with zero attached hydrogens (tertiary/aromatic N) is 5. The lowest BCUT2D eigenvalue weighted by Gasteiger charge is -2.16. The third-order valence-corrected chi connectivity index (χ3v) is 4.92. The molecule has 2 amide bonds. The molecule has 0 radical (unpaired) electrons. The smallest absolute Gasteiger partial charge is 0.273 e. The van der Waals surface area contributed by atoms with Crippen molar-refractivity contribution in [2.24, 2.45) is 5.92 Å². The molecular formula is C21H24N8O4. The number of ether oxygens (including phenoxy) is 1. The molecule has 1 aromatic carbocycles. The molecule has 12 nitrogen and oxygen atoms in total. The summed E-state index contributed by atoms with van der Waals surface area (Å²) in [5.41, 5.74) is 1.26. The zero-order valence-corrected chi connectivity index (χ0v) is 17.7. The van der Waals surface area contributed by atoms with Gasteiger partial charge in [0.15, 0.2) is 17.3 Å². The van der Waals surface area contributed by atoms with E-state index in [1.54, 1.807) is 18.2 Å². The fraction of sp³-hybridized carbons (Fsp3) is 0.333. The summed E-state index contributed by atoms with van der Waals surface area (Å²) in [6, 6.07) is 6.55. The Morgan fingerprint density at radius 3 is 2.88 bits per heavy atom. The van der Waals surface area contributed by atoms with Crippen molar-refractivity contribution in [3.63, 3.8) is 0 Å². The number of hydrogen-bond acceptors (Lipinski definition) is 9. The highest BCUT2D eigenvalue weighted by molar-refractivity contribution is 6.00. The Bertz CT molecular complexity index is 1280. The van der Waals surface area contributed by atoms with Gasteiger partial charge in [-0.3, -0.25) is 9.59 Å². The van der Waals surface area contributed by atoms with Gasteiger partial charge in [0.05, 0.1) is 37.8 Å². The van der Waals surface area contributed by atoms with E-state index in [-0.39, 0.29) is 42.2 Å². The maximum Gasteiger partial charge on any atom is 0.273 e. The maximum atomic E-state index is 12.7. The minimum absolute atomic E-state index is 0.0854. The molecule has 4 N–H and O–H groups in total. The average molecular weight is 455 g/mol. The van der Waals surface area contributed by atoms with Gasteiger partial charge in [-0.1, -0.05) is 6.07 Å². The normalized spacial score (nSPS) is 14.5. The van der Waals surface area contributed by atoms with E-state index in [2.05, 4.69) is 31.0 Å². The fourth-order valence-electron chi connectivity index (χ4n) is 3.17. The average Bonchev–Trinajstić information content (AvgIpc) is 3.57. The summed E-state index contributed by atoms with van der Waals surface area (Å²) in [6.07, 6.45) is 3.10. The molecule has 2 heterocycles. The first-order valence-corrected chi connectivity index (χ1v) is 10.1. The molecule has 4 rings (SSSR count). The van der Waals surface area contributed by atoms with Crippen LogP contribution < -0.4 is 20.7 Å². The number of benzene rings is 1. The van der Waals surface area contributed by atoms with E-state index < -0.39 is 12.9 Å². The van der Waals surface area contributed by atoms with Crippen molar-refractivity contribution < 1.29 is 23.5 Å². The monoisotopic (exact) mass is 455 g/mol. The van der Waals surface area contributed by atoms with Gasteiger partial charge in [0, 0.05) is 28.6 Å². The summed E-state index contributed by atoms with van der Waals surface area (Å²) in [4.78, 5) is 26.2. The molecule has 0 aliphatic heterocycles. The molecule has 3 aromatic rings. The van der Waals surface area contributed by atoms with Crippen molar-refractivity contribution in [2.45, 2.75) is 19.4 Å². The maximum absolute atomic E-state index is 12.7. The number of para-hydroxylation sites is 1. The van der Waals surface area contributed by atoms with Crippen LogP contribution in [0.25, 0.3) is 11.3 Å². The lowest BCUT2D eigenvalue weighted by atomic mass is 10.1. The van der Waals surface area contributed by atoms with Crippen LogP contribution >= 0.6 is 0 Å². The number of nitrogens with one attached hydrogen (secondary N) is 3. The van der Waals surface area contributed by atoms with Crippen LogP contribution in [0.15, 0.2) is 30.5 Å². The van der Waals surface area contributed by atoms with E-state index in [0.29, 0.717) is 22.7 Å². The third kappa shape index (κ3) is 4.90. The van der Waals surface area contributed by atoms with Crippen LogP contribution in [0.4, 0.5) is 17.2 Å². The molecule has 0 bridgehead atoms. The molecule has 1 saturated carbocycles. The molecule has 0 spiro atoms. The Hall–Kier alpha value is -4.06. The number of amides is 2. The van der Waals surface area contributed by atoms with Gasteiger partial charge in [-0.2, -0.15) is 15.0 Å². The van der Waals surface area contributed by atoms with Crippen LogP contribution in [-0.4, -0.2) is 62.8 Å². The van der Waals surface area contributed by atoms with E-state index in [0.717, 1.165) is 12.8 Å². The van der Waals surface area contributed by atoms with Gasteiger partial charge in [-0.15, -0.1) is 10.2 Å². The molecule has 1 fully saturated rings. The number of methoxy groups -OCH3 is 1. The number of rotatable bonds is 9. The molecule has 0 atom stereocenters. The Morgan fingerprint density at radius 2 is 2.15 bits per heavy atom. The summed E-state index contributed by atoms with van der Waals surface area (Å²) in [5.74, 6) is -0.816. The molecule has 2 aromatic heterocycles. The van der Waals surface area contributed by atoms with Gasteiger partial charge in [-0.25, -0.2) is 0 Å². The van der Waals surface area contributed by atoms with Crippen LogP contribution in [0.3, 0.4) is 0 Å². The zero-order valence-electron chi connectivity index (χ0n) is 20.7. The number of anilines is 3. The lowest BCUT2D eigenvalue weighted by molar-refractivity contribution is -0.117. The second-order valence-corrected chi connectivity index (χ2v) is 7.27. The van der Waals surface area contributed by atoms with Crippen molar-refractivity contribution in [2.75, 3.05) is 31.3 Å². The predicted octanol–water partition coefficient (Wildman–Crippen LogP) is 1.19. The summed E-state index contributed by atoms with van der Waals surface area (Å²) >= 11 is 0. The number of carbonyl (C=O) groups is 2. The van der Waals surface area contributed by atoms with E-state index in [1.165, 1.54) is 24.2 Å². The van der Waals surface area contributed by atoms with Gasteiger partial charge < -0.3 is 25.8 Å². The second-order valence-electron chi connectivity index (χ2n) is 7.27. The summed E-state index contributed by atoms with van der Waals surface area (Å²) in [6.45, 7) is -2.64. The lowest BCUT2D eigenvalue weighted by Crippen LogP contribution is -2.22. The molecule has 33 heavy (non-hydrogen) atoms. The van der Waals surface area contributed by atoms with Crippen LogP contribution in [0.2, 0.25) is 0 Å². The Balaban J connectivity index is 1.70. The van der Waals surface area contributed by atoms with Gasteiger partial charge in [-0.05, 0) is 25.0 Å². The number of aliphatic hydroxyl groups is 1. The Labute approximate surface area is 193 Å². The summed E-state index contributed by atoms with van der Waals surface area (Å²) < 4.78 is 27.6. The van der Waals surface area contributed by atoms with E-state index in [1.807, 2.05) is 5.32 Å². The first-order valence-electron chi connectivity index (χ1n) is 11.6. The fourth-order valence-corrected chi connectivity index (χ4v) is 3.17. The third-order valence-electron chi connectivity index (χ3n) is 4.92. The quantitative estimate of drug-likeness (QED) is 0.372. The van der Waals surface area contributed by atoms with E-state index in [9.17, 15) is 9.59 Å². The molecule has 1 aliphatic carbocycles. The number of carbonyl (C=O) groups excluding carboxylic acids is 2. The highest BCUT2D eigenvalue weighted by Crippen LogP contribution is 2.37. The topological polar surface area (TPSA) is 156 Å². The van der Waals surface area contributed by atoms with Crippen LogP contribution in [0.1, 0.15) is 27.4 Å². The van der Waals surface area contributed by atoms with Crippen molar-refractivity contribution in [1.82, 2.24) is 30.5 Å². The van der Waals surface area contributed by atoms with E-state index in [4.69, 9.17) is 14.0 Å². The van der Waals surface area contributed by atoms with Crippen LogP contribution in [-0.2, 0) is 11.3 Å². The van der Waals surface area contributed by atoms with Gasteiger partial charge >= 0.3 is 0 Å². The SMILES string of the molecule is [2H]C([2H])([2H])NC(=O)c1nnc(NC(=O)C2CC2)cc1Nc1cccc(-c2cnn(CCO)n2)c1OC. The van der Waals surface area contributed by atoms with Crippen molar-refractivity contribution in [3.8, 4) is 17.0 Å². The summed E-state index contributed by atoms with van der Waals surface area (Å²) in [5, 5.41) is 32.9. The standard InChI is InChI=1S/C21H24N8O4/c1-22-21(32)18-15(10-17(26-27-18)25-20(31)12-6-7-12)24-14-5-3-4-13(19(14)33-2)16-11-23-29(28-16)8-9-30/h3-5,10-12,30H,6-9H2,1-2H3,(H,22,32)(H2,24,25,26,31)/i1D3. The van der Waals surface area contributed by atoms with Crippen LogP contribution in [0.5, 0.6) is 5.75 Å². The highest BCUT2D eigenvalue weighted by atomic mass is 16.5. The second kappa shape index (κ2) is 9.61. The molecule has 12 heteroatoms. The molecular weight excluding hydrogens is 428 g/mol. The first kappa shape index (κ1) is 18.5. The zero-order chi connectivity index (χ0) is 25.9. The molecule has 1 aliphatic rings. The molecule has 0 saturated heterocycles. The molecule has 0 unspecified atom stereocenters. The van der Waals surface area contributed by atoms with Gasteiger partial charge in [0.2, 0.25) is 5.91 Å². The minimum Gasteiger partial charge on any atom is -0.494 e. The van der Waals surface area contributed by atoms with Gasteiger partial charge in [0.1, 0.15) is 5.69 Å².